The van der Waals surface area contributed by atoms with Crippen LogP contribution in [0.3, 0.4) is 0 Å². The second-order valence-electron chi connectivity index (χ2n) is 8.06. The second kappa shape index (κ2) is 7.08. The van der Waals surface area contributed by atoms with Gasteiger partial charge in [-0.15, -0.1) is 0 Å². The Morgan fingerprint density at radius 1 is 1.04 bits per heavy atom. The fraction of sp³-hybridized carbons (Fsp3) is 0.450. The third-order valence-corrected chi connectivity index (χ3v) is 5.35. The van der Waals surface area contributed by atoms with Gasteiger partial charge in [-0.05, 0) is 39.3 Å². The highest BCUT2D eigenvalue weighted by Gasteiger charge is 2.53. The summed E-state index contributed by atoms with van der Waals surface area (Å²) in [4.78, 5) is 5.93. The van der Waals surface area contributed by atoms with E-state index in [-0.39, 0.29) is 5.46 Å². The highest BCUT2D eigenvalue weighted by molar-refractivity contribution is 6.63. The summed E-state index contributed by atoms with van der Waals surface area (Å²) in [6, 6.07) is 10.7. The maximum atomic E-state index is 13.3. The van der Waals surface area contributed by atoms with E-state index in [1.807, 2.05) is 58.0 Å². The Morgan fingerprint density at radius 3 is 2.14 bits per heavy atom. The van der Waals surface area contributed by atoms with Crippen LogP contribution in [0.15, 0.2) is 42.6 Å². The molecule has 8 heteroatoms. The van der Waals surface area contributed by atoms with Crippen LogP contribution >= 0.6 is 0 Å². The molecule has 1 aromatic heterocycles. The van der Waals surface area contributed by atoms with Gasteiger partial charge in [0.15, 0.2) is 0 Å². The molecular weight excluding hydrogens is 368 g/mol. The molecule has 0 saturated carbocycles. The van der Waals surface area contributed by atoms with Gasteiger partial charge in [0.05, 0.1) is 16.8 Å². The number of pyridine rings is 1. The van der Waals surface area contributed by atoms with Crippen molar-refractivity contribution < 1.29 is 22.5 Å². The van der Waals surface area contributed by atoms with Gasteiger partial charge in [-0.3, -0.25) is 0 Å². The quantitative estimate of drug-likeness (QED) is 0.736. The summed E-state index contributed by atoms with van der Waals surface area (Å²) in [5.41, 5.74) is -0.866. The van der Waals surface area contributed by atoms with Crippen molar-refractivity contribution in [3.05, 3.63) is 53.7 Å². The molecule has 1 fully saturated rings. The first-order valence-electron chi connectivity index (χ1n) is 9.08. The van der Waals surface area contributed by atoms with Crippen molar-refractivity contribution in [2.45, 2.75) is 51.6 Å². The average molecular weight is 392 g/mol. The third-order valence-electron chi connectivity index (χ3n) is 5.35. The van der Waals surface area contributed by atoms with Crippen molar-refractivity contribution in [1.29, 1.82) is 0 Å². The van der Waals surface area contributed by atoms with Crippen LogP contribution < -0.4 is 10.4 Å². The number of rotatable bonds is 4. The molecule has 0 aliphatic carbocycles. The van der Waals surface area contributed by atoms with E-state index >= 15 is 0 Å². The summed E-state index contributed by atoms with van der Waals surface area (Å²) in [6.07, 6.45) is -3.65. The summed E-state index contributed by atoms with van der Waals surface area (Å²) in [5.74, 6) is 0.398. The minimum absolute atomic E-state index is 0.270. The lowest BCUT2D eigenvalue weighted by Crippen LogP contribution is -2.41. The molecule has 0 bridgehead atoms. The fourth-order valence-electron chi connectivity index (χ4n) is 3.02. The smallest absolute Gasteiger partial charge is 0.399 e. The van der Waals surface area contributed by atoms with Crippen LogP contribution in [0.2, 0.25) is 0 Å². The van der Waals surface area contributed by atoms with E-state index in [2.05, 4.69) is 4.98 Å². The summed E-state index contributed by atoms with van der Waals surface area (Å²) in [6.45, 7) is 7.94. The van der Waals surface area contributed by atoms with Crippen LogP contribution in [0, 0.1) is 0 Å². The van der Waals surface area contributed by atoms with Crippen LogP contribution in [-0.2, 0) is 22.0 Å². The van der Waals surface area contributed by atoms with Gasteiger partial charge in [0.25, 0.3) is 0 Å². The topological polar surface area (TPSA) is 34.6 Å². The summed E-state index contributed by atoms with van der Waals surface area (Å²) in [5, 5.41) is 0. The van der Waals surface area contributed by atoms with Gasteiger partial charge in [0, 0.05) is 25.3 Å². The summed E-state index contributed by atoms with van der Waals surface area (Å²) >= 11 is 0. The molecule has 0 atom stereocenters. The van der Waals surface area contributed by atoms with Gasteiger partial charge in [-0.25, -0.2) is 4.98 Å². The van der Waals surface area contributed by atoms with Gasteiger partial charge in [0.1, 0.15) is 5.82 Å². The Bertz CT molecular complexity index is 825. The third kappa shape index (κ3) is 4.03. The molecule has 0 N–H and O–H groups in total. The lowest BCUT2D eigenvalue weighted by molar-refractivity contribution is -0.137. The van der Waals surface area contributed by atoms with Crippen molar-refractivity contribution in [3.63, 3.8) is 0 Å². The monoisotopic (exact) mass is 392 g/mol. The van der Waals surface area contributed by atoms with E-state index in [0.29, 0.717) is 12.4 Å². The Labute approximate surface area is 163 Å². The maximum Gasteiger partial charge on any atom is 0.498 e. The Morgan fingerprint density at radius 2 is 1.61 bits per heavy atom. The van der Waals surface area contributed by atoms with E-state index in [1.54, 1.807) is 11.9 Å². The van der Waals surface area contributed by atoms with Crippen LogP contribution in [0.5, 0.6) is 0 Å². The normalized spacial score (nSPS) is 18.4. The molecule has 3 rings (SSSR count). The van der Waals surface area contributed by atoms with Gasteiger partial charge >= 0.3 is 13.3 Å². The maximum absolute atomic E-state index is 13.3. The largest absolute Gasteiger partial charge is 0.498 e. The molecule has 0 spiro atoms. The van der Waals surface area contributed by atoms with Gasteiger partial charge in [-0.2, -0.15) is 13.2 Å². The molecule has 0 amide bonds. The van der Waals surface area contributed by atoms with Gasteiger partial charge < -0.3 is 14.2 Å². The highest BCUT2D eigenvalue weighted by atomic mass is 19.4. The minimum atomic E-state index is -4.50. The first kappa shape index (κ1) is 20.7. The Hall–Kier alpha value is -2.06. The first-order chi connectivity index (χ1) is 12.9. The second-order valence-corrected chi connectivity index (χ2v) is 8.06. The molecule has 28 heavy (non-hydrogen) atoms. The number of aromatic nitrogens is 1. The number of benzene rings is 1. The van der Waals surface area contributed by atoms with E-state index in [9.17, 15) is 13.2 Å². The van der Waals surface area contributed by atoms with Crippen LogP contribution in [0.4, 0.5) is 19.0 Å². The highest BCUT2D eigenvalue weighted by Crippen LogP contribution is 2.38. The average Bonchev–Trinajstić information content (AvgIpc) is 2.82. The van der Waals surface area contributed by atoms with Crippen molar-refractivity contribution in [3.8, 4) is 0 Å². The molecule has 0 radical (unpaired) electrons. The summed E-state index contributed by atoms with van der Waals surface area (Å²) in [7, 11) is 0.852. The molecular formula is C20H24BF3N2O2. The minimum Gasteiger partial charge on any atom is -0.399 e. The number of nitrogens with zero attached hydrogens (tertiary/aromatic N) is 2. The van der Waals surface area contributed by atoms with E-state index in [1.165, 1.54) is 0 Å². The van der Waals surface area contributed by atoms with Crippen molar-refractivity contribution in [2.24, 2.45) is 0 Å². The zero-order valence-corrected chi connectivity index (χ0v) is 16.7. The number of hydrogen-bond donors (Lipinski definition) is 0. The SMILES string of the molecule is CN(Cc1ccccc1)c1ncc(C(F)(F)F)cc1B1OC(C)(C)C(C)(C)O1. The molecule has 150 valence electrons. The van der Waals surface area contributed by atoms with Crippen LogP contribution in [0.1, 0.15) is 38.8 Å². The molecule has 2 heterocycles. The van der Waals surface area contributed by atoms with Crippen molar-refractivity contribution >= 4 is 18.4 Å². The van der Waals surface area contributed by atoms with E-state index in [4.69, 9.17) is 9.31 Å². The predicted octanol–water partition coefficient (Wildman–Crippen LogP) is 4.04. The molecule has 4 nitrogen and oxygen atoms in total. The molecule has 1 saturated heterocycles. The zero-order valence-electron chi connectivity index (χ0n) is 16.7. The standard InChI is InChI=1S/C20H24BF3N2O2/c1-18(2)19(3,4)28-21(27-18)16-11-15(20(22,23)24)12-25-17(16)26(5)13-14-9-7-6-8-10-14/h6-12H,13H2,1-5H3. The van der Waals surface area contributed by atoms with Crippen LogP contribution in [0.25, 0.3) is 0 Å². The Balaban J connectivity index is 2.00. The molecule has 1 aliphatic heterocycles. The first-order valence-corrected chi connectivity index (χ1v) is 9.08. The van der Waals surface area contributed by atoms with Gasteiger partial charge in [-0.1, -0.05) is 30.3 Å². The fourth-order valence-corrected chi connectivity index (χ4v) is 3.02. The predicted molar refractivity (Wildman–Crippen MR) is 104 cm³/mol. The number of anilines is 1. The van der Waals surface area contributed by atoms with Crippen LogP contribution in [-0.4, -0.2) is 30.4 Å². The van der Waals surface area contributed by atoms with Crippen molar-refractivity contribution in [1.82, 2.24) is 4.98 Å². The van der Waals surface area contributed by atoms with Crippen molar-refractivity contribution in [2.75, 3.05) is 11.9 Å². The van der Waals surface area contributed by atoms with Gasteiger partial charge in [0.2, 0.25) is 0 Å². The number of alkyl halides is 3. The van der Waals surface area contributed by atoms with E-state index < -0.39 is 30.1 Å². The zero-order chi connectivity index (χ0) is 20.7. The molecule has 1 aliphatic rings. The molecule has 0 unspecified atom stereocenters. The molecule has 2 aromatic rings. The lowest BCUT2D eigenvalue weighted by atomic mass is 9.78. The lowest BCUT2D eigenvalue weighted by Gasteiger charge is -2.32. The number of hydrogen-bond acceptors (Lipinski definition) is 4. The number of halogens is 3. The summed E-state index contributed by atoms with van der Waals surface area (Å²) < 4.78 is 51.9. The van der Waals surface area contributed by atoms with E-state index in [0.717, 1.165) is 17.8 Å². The molecule has 1 aromatic carbocycles. The Kier molecular flexibility index (Phi) is 5.23.